The maximum absolute atomic E-state index is 14.6. The highest BCUT2D eigenvalue weighted by Gasteiger charge is 2.52. The number of nitrogens with zero attached hydrogens (tertiary/aromatic N) is 10. The Morgan fingerprint density at radius 2 is 1.19 bits per heavy atom. The van der Waals surface area contributed by atoms with Crippen molar-refractivity contribution in [3.05, 3.63) is 155 Å². The molecule has 482 valence electrons. The first-order chi connectivity index (χ1) is 42.9. The molecule has 0 saturated carbocycles. The molecule has 90 heavy (non-hydrogen) atoms. The van der Waals surface area contributed by atoms with Crippen molar-refractivity contribution < 1.29 is 66.5 Å². The number of aliphatic hydroxyl groups is 4. The van der Waals surface area contributed by atoms with E-state index >= 15 is 0 Å². The standard InChI is InChI=1S/C56H58Cl6F4N14O10/c1-25-71-54(79(74-25)39-18-29(57)8-10-31(39)59)52-51(47(48(84)41(22-81)89-52)78-21-38(73-76-78)28-16-35(65)45(62)36(66)17-28)88-24-43(83)70-13-7-5-3-4-6-12-69-42(82)23-87-50-46(77(68)20-37(67)27-14-33(63)44(61)34(64)15-27)49(85)56(86)90-53(50)55-72-26(2)75-80(55)40-19-30(58)9-11-32(40)60/h8-11,14-21,41,46-53,56,81,84-86H,3-7,12-13,22-24,67-68H2,1-2H3,(H,69,82)(H,70,83)/b37-20-. The van der Waals surface area contributed by atoms with E-state index in [1.165, 1.54) is 38.4 Å². The van der Waals surface area contributed by atoms with Crippen LogP contribution in [0.5, 0.6) is 0 Å². The molecule has 24 nitrogen and oxygen atoms in total. The minimum absolute atomic E-state index is 0.0144. The number of halogens is 10. The van der Waals surface area contributed by atoms with Crippen molar-refractivity contribution in [2.24, 2.45) is 11.6 Å². The van der Waals surface area contributed by atoms with Gasteiger partial charge < -0.3 is 60.7 Å². The van der Waals surface area contributed by atoms with Gasteiger partial charge in [0.05, 0.1) is 39.9 Å². The van der Waals surface area contributed by atoms with Gasteiger partial charge in [-0.05, 0) is 87.4 Å². The van der Waals surface area contributed by atoms with E-state index in [2.05, 4.69) is 41.1 Å². The van der Waals surface area contributed by atoms with E-state index in [4.69, 9.17) is 100 Å². The molecule has 2 aliphatic heterocycles. The Balaban J connectivity index is 0.814. The van der Waals surface area contributed by atoms with Crippen LogP contribution in [0.4, 0.5) is 17.6 Å². The van der Waals surface area contributed by atoms with Crippen LogP contribution >= 0.6 is 69.6 Å². The maximum atomic E-state index is 14.6. The average molecular weight is 1380 g/mol. The van der Waals surface area contributed by atoms with Crippen molar-refractivity contribution in [2.45, 2.75) is 107 Å². The van der Waals surface area contributed by atoms with E-state index in [1.807, 2.05) is 0 Å². The molecule has 0 spiro atoms. The van der Waals surface area contributed by atoms with Crippen LogP contribution in [0.25, 0.3) is 28.3 Å². The van der Waals surface area contributed by atoms with Crippen molar-refractivity contribution in [1.82, 2.24) is 60.2 Å². The molecule has 2 amide bonds. The van der Waals surface area contributed by atoms with Crippen molar-refractivity contribution in [1.29, 1.82) is 0 Å². The SMILES string of the molecule is Cc1nc(C2OC(O)C(O)C(N(N)/C=C(\N)c3cc(F)c(Cl)c(F)c3)C2OCC(=O)NCCCCCCCNC(=O)COC2C(c3nc(C)nn3-c3cc(Cl)ccc3Cl)OC(CO)C(O)C2n2cc(-c3cc(F)c(Cl)c(F)c3)nn2)n(-c2cc(Cl)ccc2Cl)n1. The monoisotopic (exact) mass is 1370 g/mol. The molecule has 10 N–H and O–H groups in total. The molecule has 7 aromatic rings. The van der Waals surface area contributed by atoms with Gasteiger partial charge in [-0.3, -0.25) is 9.59 Å². The van der Waals surface area contributed by atoms with Crippen LogP contribution in [0, 0.1) is 37.1 Å². The minimum Gasteiger partial charge on any atom is -0.397 e. The molecule has 3 aromatic heterocycles. The minimum atomic E-state index is -1.96. The number of nitrogens with two attached hydrogens (primary N) is 2. The van der Waals surface area contributed by atoms with E-state index in [-0.39, 0.29) is 79.7 Å². The van der Waals surface area contributed by atoms with E-state index < -0.39 is 126 Å². The largest absolute Gasteiger partial charge is 0.397 e. The average Bonchev–Trinajstić information content (AvgIpc) is 1.42. The van der Waals surface area contributed by atoms with Crippen LogP contribution in [0.3, 0.4) is 0 Å². The zero-order valence-corrected chi connectivity index (χ0v) is 52.0. The first kappa shape index (κ1) is 68.1. The highest BCUT2D eigenvalue weighted by atomic mass is 35.5. The van der Waals surface area contributed by atoms with Crippen LogP contribution in [0.15, 0.2) is 73.1 Å². The van der Waals surface area contributed by atoms with Crippen LogP contribution in [0.1, 0.15) is 79.2 Å². The summed E-state index contributed by atoms with van der Waals surface area (Å²) < 4.78 is 86.6. The number of aryl methyl sites for hydroxylation is 2. The third kappa shape index (κ3) is 15.6. The fourth-order valence-corrected chi connectivity index (χ4v) is 11.2. The molecule has 10 atom stereocenters. The van der Waals surface area contributed by atoms with E-state index in [1.54, 1.807) is 32.0 Å². The summed E-state index contributed by atoms with van der Waals surface area (Å²) in [7, 11) is 0. The predicted molar refractivity (Wildman–Crippen MR) is 320 cm³/mol. The lowest BCUT2D eigenvalue weighted by Crippen LogP contribution is -2.63. The molecule has 0 radical (unpaired) electrons. The number of carbonyl (C=O) groups is 2. The lowest BCUT2D eigenvalue weighted by molar-refractivity contribution is -0.279. The highest BCUT2D eigenvalue weighted by Crippen LogP contribution is 2.42. The molecule has 2 saturated heterocycles. The number of amides is 2. The highest BCUT2D eigenvalue weighted by molar-refractivity contribution is 6.35. The normalized spacial score (nSPS) is 22.0. The molecule has 0 bridgehead atoms. The van der Waals surface area contributed by atoms with Gasteiger partial charge in [0.1, 0.15) is 119 Å². The number of nitrogens with one attached hydrogen (secondary N) is 2. The van der Waals surface area contributed by atoms with Crippen LogP contribution < -0.4 is 22.2 Å². The van der Waals surface area contributed by atoms with Crippen LogP contribution in [0.2, 0.25) is 30.1 Å². The fraction of sp³-hybridized carbons (Fsp3) is 0.393. The topological polar surface area (TPSA) is 323 Å². The summed E-state index contributed by atoms with van der Waals surface area (Å²) in [5.41, 5.74) is 6.25. The van der Waals surface area contributed by atoms with E-state index in [0.717, 1.165) is 35.5 Å². The number of unbranched alkanes of at least 4 members (excludes halogenated alkanes) is 4. The Kier molecular flexibility index (Phi) is 22.7. The molecule has 2 aliphatic rings. The second-order valence-corrected chi connectivity index (χ2v) is 23.3. The number of ether oxygens (including phenoxy) is 4. The van der Waals surface area contributed by atoms with Gasteiger partial charge in [-0.25, -0.2) is 47.4 Å². The third-order valence-electron chi connectivity index (χ3n) is 14.5. The molecule has 2 fully saturated rings. The molecule has 5 heterocycles. The smallest absolute Gasteiger partial charge is 0.246 e. The van der Waals surface area contributed by atoms with E-state index in [0.29, 0.717) is 42.8 Å². The van der Waals surface area contributed by atoms with Crippen molar-refractivity contribution in [2.75, 3.05) is 32.9 Å². The lowest BCUT2D eigenvalue weighted by atomic mass is 9.91. The van der Waals surface area contributed by atoms with Gasteiger partial charge in [0.25, 0.3) is 0 Å². The summed E-state index contributed by atoms with van der Waals surface area (Å²) in [5, 5.41) is 68.0. The second kappa shape index (κ2) is 30.0. The quantitative estimate of drug-likeness (QED) is 0.00979. The third-order valence-corrected chi connectivity index (χ3v) is 16.4. The molecular weight excluding hydrogens is 1320 g/mol. The van der Waals surface area contributed by atoms with Crippen LogP contribution in [-0.4, -0.2) is 158 Å². The van der Waals surface area contributed by atoms with Crippen LogP contribution in [-0.2, 0) is 28.5 Å². The number of carbonyl (C=O) groups excluding carboxylic acids is 2. The number of benzene rings is 4. The van der Waals surface area contributed by atoms with Crippen molar-refractivity contribution in [3.63, 3.8) is 0 Å². The first-order valence-corrected chi connectivity index (χ1v) is 29.9. The van der Waals surface area contributed by atoms with E-state index in [9.17, 15) is 47.6 Å². The van der Waals surface area contributed by atoms with Gasteiger partial charge >= 0.3 is 0 Å². The zero-order valence-electron chi connectivity index (χ0n) is 47.4. The maximum Gasteiger partial charge on any atom is 0.246 e. The molecule has 4 aromatic carbocycles. The van der Waals surface area contributed by atoms with Gasteiger partial charge in [0.2, 0.25) is 11.8 Å². The Bertz CT molecular complexity index is 3710. The summed E-state index contributed by atoms with van der Waals surface area (Å²) in [6.45, 7) is 1.65. The van der Waals surface area contributed by atoms with Crippen molar-refractivity contribution in [3.8, 4) is 22.6 Å². The van der Waals surface area contributed by atoms with Gasteiger partial charge in [-0.2, -0.15) is 10.2 Å². The summed E-state index contributed by atoms with van der Waals surface area (Å²) in [6.07, 6.45) is -6.90. The number of hydrogen-bond donors (Lipinski definition) is 8. The Morgan fingerprint density at radius 1 is 0.700 bits per heavy atom. The molecule has 9 rings (SSSR count). The molecule has 34 heteroatoms. The number of hydrazine groups is 1. The molecule has 10 unspecified atom stereocenters. The van der Waals surface area contributed by atoms with Crippen molar-refractivity contribution >= 4 is 87.1 Å². The number of aliphatic hydroxyl groups excluding tert-OH is 4. The number of rotatable bonds is 24. The van der Waals surface area contributed by atoms with Gasteiger partial charge in [0.15, 0.2) is 17.9 Å². The summed E-state index contributed by atoms with van der Waals surface area (Å²) in [4.78, 5) is 36.1. The van der Waals surface area contributed by atoms with Gasteiger partial charge in [-0.1, -0.05) is 94.1 Å². The Hall–Kier alpha value is -6.32. The second-order valence-electron chi connectivity index (χ2n) is 20.9. The Morgan fingerprint density at radius 3 is 1.71 bits per heavy atom. The van der Waals surface area contributed by atoms with Gasteiger partial charge in [-0.15, -0.1) is 5.10 Å². The molecular formula is C56H58Cl6F4N14O10. The summed E-state index contributed by atoms with van der Waals surface area (Å²) in [5.74, 6) is 1.53. The summed E-state index contributed by atoms with van der Waals surface area (Å²) >= 11 is 37.3. The lowest BCUT2D eigenvalue weighted by Gasteiger charge is -2.45. The number of hydrogen-bond acceptors (Lipinski definition) is 19. The van der Waals surface area contributed by atoms with Gasteiger partial charge in [0, 0.05) is 40.5 Å². The number of aromatic nitrogens is 9. The summed E-state index contributed by atoms with van der Waals surface area (Å²) in [6, 6.07) is 10.1. The Labute approximate surface area is 540 Å². The molecule has 0 aliphatic carbocycles. The zero-order chi connectivity index (χ0) is 64.8. The predicted octanol–water partition coefficient (Wildman–Crippen LogP) is 7.14. The first-order valence-electron chi connectivity index (χ1n) is 27.6. The fourth-order valence-electron chi connectivity index (χ4n) is 10.2.